The van der Waals surface area contributed by atoms with Gasteiger partial charge >= 0.3 is 0 Å². The van der Waals surface area contributed by atoms with Crippen LogP contribution in [-0.4, -0.2) is 95.2 Å². The maximum absolute atomic E-state index is 15.6. The van der Waals surface area contributed by atoms with Crippen molar-refractivity contribution in [1.29, 1.82) is 0 Å². The number of hydrogen-bond acceptors (Lipinski definition) is 8. The number of nitrogens with zero attached hydrogens (tertiary/aromatic N) is 4. The molecule has 2 heterocycles. The van der Waals surface area contributed by atoms with Crippen molar-refractivity contribution in [3.8, 4) is 0 Å². The van der Waals surface area contributed by atoms with Gasteiger partial charge in [0, 0.05) is 32.1 Å². The van der Waals surface area contributed by atoms with E-state index in [1.807, 2.05) is 7.05 Å². The first kappa shape index (κ1) is 34.9. The molecule has 1 aromatic carbocycles. The van der Waals surface area contributed by atoms with E-state index in [2.05, 4.69) is 38.1 Å². The average Bonchev–Trinajstić information content (AvgIpc) is 3.52. The standard InChI is InChI=1S/C32H45F2N7O5/c1-6-24-28(39-46-38-24)31(44)37-27(21-9-7-18(2)8-10-21)30(43)35-25-12-11-22(17-23(25)34)19(3)26(36-29(42)20(4)33)32(45)41-15-13-40(5)14-16-41/h11-12,17-21,26-27H,6-10,13-16H2,1-5H3,(H,35,43)(H,36,42)(H,37,44)/t18-,19-,20-,21-,26+,27-/m0/s1. The molecular weight excluding hydrogens is 600 g/mol. The lowest BCUT2D eigenvalue weighted by atomic mass is 9.79. The second-order valence-corrected chi connectivity index (χ2v) is 12.6. The van der Waals surface area contributed by atoms with E-state index in [0.717, 1.165) is 19.8 Å². The summed E-state index contributed by atoms with van der Waals surface area (Å²) in [5, 5.41) is 15.4. The topological polar surface area (TPSA) is 150 Å². The predicted octanol–water partition coefficient (Wildman–Crippen LogP) is 3.05. The molecule has 2 aromatic rings. The second kappa shape index (κ2) is 15.6. The van der Waals surface area contributed by atoms with Crippen LogP contribution in [0, 0.1) is 17.7 Å². The Morgan fingerprint density at radius 2 is 1.67 bits per heavy atom. The van der Waals surface area contributed by atoms with Crippen LogP contribution in [0.1, 0.15) is 81.0 Å². The molecule has 3 N–H and O–H groups in total. The summed E-state index contributed by atoms with van der Waals surface area (Å²) in [6.07, 6.45) is 1.79. The molecule has 4 rings (SSSR count). The zero-order valence-electron chi connectivity index (χ0n) is 27.1. The third-order valence-corrected chi connectivity index (χ3v) is 9.22. The molecule has 252 valence electrons. The summed E-state index contributed by atoms with van der Waals surface area (Å²) in [6.45, 7) is 8.89. The number of aryl methyl sites for hydroxylation is 1. The number of benzene rings is 1. The number of likely N-dealkylation sites (N-methyl/N-ethyl adjacent to an activating group) is 1. The minimum absolute atomic E-state index is 0.00363. The third kappa shape index (κ3) is 8.45. The fourth-order valence-corrected chi connectivity index (χ4v) is 6.05. The highest BCUT2D eigenvalue weighted by Crippen LogP contribution is 2.32. The summed E-state index contributed by atoms with van der Waals surface area (Å²) in [5.74, 6) is -3.62. The van der Waals surface area contributed by atoms with Gasteiger partial charge in [-0.3, -0.25) is 19.2 Å². The van der Waals surface area contributed by atoms with Gasteiger partial charge in [0.1, 0.15) is 23.6 Å². The number of piperazine rings is 1. The normalized spacial score (nSPS) is 21.5. The van der Waals surface area contributed by atoms with Gasteiger partial charge in [0.05, 0.1) is 5.69 Å². The largest absolute Gasteiger partial charge is 0.341 e. The SMILES string of the molecule is CCc1nonc1C(=O)N[C@H](C(=O)Nc1ccc([C@H](C)[C@@H](NC(=O)[C@H](C)F)C(=O)N2CCN(C)CC2)cc1F)[C@H]1CC[C@H](C)CC1. The Morgan fingerprint density at radius 3 is 2.28 bits per heavy atom. The first-order valence-corrected chi connectivity index (χ1v) is 16.0. The molecule has 1 aliphatic heterocycles. The van der Waals surface area contributed by atoms with Crippen molar-refractivity contribution in [2.24, 2.45) is 11.8 Å². The molecule has 2 fully saturated rings. The predicted molar refractivity (Wildman–Crippen MR) is 166 cm³/mol. The molecule has 1 saturated heterocycles. The van der Waals surface area contributed by atoms with Crippen LogP contribution in [0.25, 0.3) is 0 Å². The van der Waals surface area contributed by atoms with Gasteiger partial charge in [0.2, 0.25) is 11.8 Å². The summed E-state index contributed by atoms with van der Waals surface area (Å²) in [6, 6.07) is 2.06. The molecule has 4 atom stereocenters. The first-order valence-electron chi connectivity index (χ1n) is 16.0. The van der Waals surface area contributed by atoms with Crippen LogP contribution in [0.3, 0.4) is 0 Å². The van der Waals surface area contributed by atoms with Gasteiger partial charge in [-0.25, -0.2) is 13.4 Å². The van der Waals surface area contributed by atoms with Gasteiger partial charge in [-0.1, -0.05) is 44.8 Å². The molecule has 14 heteroatoms. The smallest absolute Gasteiger partial charge is 0.276 e. The van der Waals surface area contributed by atoms with E-state index in [1.54, 1.807) is 24.8 Å². The fourth-order valence-electron chi connectivity index (χ4n) is 6.05. The molecule has 0 radical (unpaired) electrons. The summed E-state index contributed by atoms with van der Waals surface area (Å²) in [4.78, 5) is 56.3. The summed E-state index contributed by atoms with van der Waals surface area (Å²) >= 11 is 0. The summed E-state index contributed by atoms with van der Waals surface area (Å²) < 4.78 is 34.2. The molecule has 0 spiro atoms. The number of carbonyl (C=O) groups is 4. The number of rotatable bonds is 11. The zero-order valence-corrected chi connectivity index (χ0v) is 27.1. The van der Waals surface area contributed by atoms with Gasteiger partial charge in [-0.2, -0.15) is 0 Å². The Hall–Kier alpha value is -3.94. The van der Waals surface area contributed by atoms with E-state index in [4.69, 9.17) is 4.63 Å². The third-order valence-electron chi connectivity index (χ3n) is 9.22. The van der Waals surface area contributed by atoms with E-state index in [0.29, 0.717) is 62.6 Å². The second-order valence-electron chi connectivity index (χ2n) is 12.6. The summed E-state index contributed by atoms with van der Waals surface area (Å²) in [7, 11) is 1.94. The number of nitrogens with one attached hydrogen (secondary N) is 3. The number of aromatic nitrogens is 2. The minimum atomic E-state index is -1.83. The Kier molecular flexibility index (Phi) is 11.8. The van der Waals surface area contributed by atoms with Crippen molar-refractivity contribution in [2.45, 2.75) is 84.0 Å². The molecular formula is C32H45F2N7O5. The van der Waals surface area contributed by atoms with Crippen LogP contribution in [0.15, 0.2) is 22.8 Å². The maximum Gasteiger partial charge on any atom is 0.276 e. The van der Waals surface area contributed by atoms with Crippen LogP contribution in [0.2, 0.25) is 0 Å². The van der Waals surface area contributed by atoms with E-state index in [-0.39, 0.29) is 23.2 Å². The lowest BCUT2D eigenvalue weighted by molar-refractivity contribution is -0.139. The van der Waals surface area contributed by atoms with Crippen molar-refractivity contribution in [2.75, 3.05) is 38.5 Å². The van der Waals surface area contributed by atoms with Gasteiger partial charge in [0.25, 0.3) is 11.8 Å². The van der Waals surface area contributed by atoms with Crippen LogP contribution in [-0.2, 0) is 20.8 Å². The van der Waals surface area contributed by atoms with Crippen molar-refractivity contribution in [3.63, 3.8) is 0 Å². The highest BCUT2D eigenvalue weighted by atomic mass is 19.1. The lowest BCUT2D eigenvalue weighted by Gasteiger charge is -2.36. The summed E-state index contributed by atoms with van der Waals surface area (Å²) in [5.41, 5.74) is 0.645. The van der Waals surface area contributed by atoms with Crippen LogP contribution in [0.5, 0.6) is 0 Å². The van der Waals surface area contributed by atoms with Gasteiger partial charge in [0.15, 0.2) is 11.9 Å². The van der Waals surface area contributed by atoms with Gasteiger partial charge in [-0.05, 0) is 67.9 Å². The molecule has 2 aliphatic rings. The number of alkyl halides is 1. The number of carbonyl (C=O) groups excluding carboxylic acids is 4. The first-order chi connectivity index (χ1) is 21.9. The van der Waals surface area contributed by atoms with E-state index < -0.39 is 47.7 Å². The zero-order chi connectivity index (χ0) is 33.5. The van der Waals surface area contributed by atoms with Gasteiger partial charge < -0.3 is 25.8 Å². The fraction of sp³-hybridized carbons (Fsp3) is 0.625. The Labute approximate surface area is 268 Å². The molecule has 1 saturated carbocycles. The van der Waals surface area contributed by atoms with E-state index in [1.165, 1.54) is 12.1 Å². The highest BCUT2D eigenvalue weighted by molar-refractivity contribution is 6.01. The molecule has 12 nitrogen and oxygen atoms in total. The van der Waals surface area contributed by atoms with Crippen LogP contribution < -0.4 is 16.0 Å². The van der Waals surface area contributed by atoms with Crippen LogP contribution in [0.4, 0.5) is 14.5 Å². The molecule has 46 heavy (non-hydrogen) atoms. The van der Waals surface area contributed by atoms with Crippen molar-refractivity contribution < 1.29 is 32.6 Å². The van der Waals surface area contributed by atoms with Crippen molar-refractivity contribution in [1.82, 2.24) is 30.7 Å². The molecule has 0 unspecified atom stereocenters. The van der Waals surface area contributed by atoms with Gasteiger partial charge in [-0.15, -0.1) is 0 Å². The maximum atomic E-state index is 15.6. The molecule has 1 aliphatic carbocycles. The molecule has 4 amide bonds. The molecule has 0 bridgehead atoms. The highest BCUT2D eigenvalue weighted by Gasteiger charge is 2.36. The monoisotopic (exact) mass is 645 g/mol. The van der Waals surface area contributed by atoms with Crippen LogP contribution >= 0.6 is 0 Å². The number of amides is 4. The average molecular weight is 646 g/mol. The van der Waals surface area contributed by atoms with Crippen molar-refractivity contribution >= 4 is 29.3 Å². The van der Waals surface area contributed by atoms with E-state index >= 15 is 4.39 Å². The lowest BCUT2D eigenvalue weighted by Crippen LogP contribution is -2.56. The number of anilines is 1. The number of hydrogen-bond donors (Lipinski definition) is 3. The molecule has 1 aromatic heterocycles. The van der Waals surface area contributed by atoms with Crippen molar-refractivity contribution in [3.05, 3.63) is 41.0 Å². The Bertz CT molecular complexity index is 1390. The quantitative estimate of drug-likeness (QED) is 0.338. The Morgan fingerprint density at radius 1 is 1.00 bits per heavy atom. The van der Waals surface area contributed by atoms with E-state index in [9.17, 15) is 23.6 Å². The number of halogens is 2. The Balaban J connectivity index is 1.53. The minimum Gasteiger partial charge on any atom is -0.341 e.